The first-order chi connectivity index (χ1) is 7.93. The van der Waals surface area contributed by atoms with Gasteiger partial charge >= 0.3 is 0 Å². The molecule has 17 heavy (non-hydrogen) atoms. The molecule has 0 radical (unpaired) electrons. The first-order valence-corrected chi connectivity index (χ1v) is 6.99. The van der Waals surface area contributed by atoms with E-state index >= 15 is 0 Å². The lowest BCUT2D eigenvalue weighted by Crippen LogP contribution is -2.42. The monoisotopic (exact) mass is 244 g/mol. The van der Waals surface area contributed by atoms with Crippen LogP contribution in [-0.4, -0.2) is 55.7 Å². The summed E-state index contributed by atoms with van der Waals surface area (Å²) in [5, 5.41) is 0. The van der Waals surface area contributed by atoms with E-state index in [1.54, 1.807) is 6.92 Å². The molecule has 102 valence electrons. The second-order valence-corrected chi connectivity index (χ2v) is 6.08. The van der Waals surface area contributed by atoms with Crippen LogP contribution in [0.3, 0.4) is 0 Å². The van der Waals surface area contributed by atoms with Crippen LogP contribution in [0.25, 0.3) is 0 Å². The Bertz CT molecular complexity index is 204. The molecule has 1 heterocycles. The maximum atomic E-state index is 13.7. The SMILES string of the molecule is CCC(CCN(C)C)CN1CCC(C)(F)CC1. The van der Waals surface area contributed by atoms with Crippen molar-refractivity contribution in [2.45, 2.75) is 45.2 Å². The van der Waals surface area contributed by atoms with Gasteiger partial charge in [-0.25, -0.2) is 4.39 Å². The molecule has 0 saturated carbocycles. The van der Waals surface area contributed by atoms with Crippen molar-refractivity contribution in [1.82, 2.24) is 9.80 Å². The van der Waals surface area contributed by atoms with Crippen LogP contribution < -0.4 is 0 Å². The van der Waals surface area contributed by atoms with Crippen molar-refractivity contribution < 1.29 is 4.39 Å². The van der Waals surface area contributed by atoms with Gasteiger partial charge < -0.3 is 9.80 Å². The molecular formula is C14H29FN2. The van der Waals surface area contributed by atoms with Gasteiger partial charge in [0.2, 0.25) is 0 Å². The van der Waals surface area contributed by atoms with Gasteiger partial charge in [-0.2, -0.15) is 0 Å². The maximum Gasteiger partial charge on any atom is 0.110 e. The van der Waals surface area contributed by atoms with Gasteiger partial charge in [0.15, 0.2) is 0 Å². The van der Waals surface area contributed by atoms with E-state index in [0.29, 0.717) is 12.8 Å². The maximum absolute atomic E-state index is 13.7. The van der Waals surface area contributed by atoms with Gasteiger partial charge in [-0.15, -0.1) is 0 Å². The summed E-state index contributed by atoms with van der Waals surface area (Å²) in [5.74, 6) is 0.765. The molecule has 0 aromatic carbocycles. The van der Waals surface area contributed by atoms with E-state index in [1.165, 1.54) is 12.8 Å². The molecule has 0 aliphatic carbocycles. The topological polar surface area (TPSA) is 6.48 Å². The summed E-state index contributed by atoms with van der Waals surface area (Å²) in [5.41, 5.74) is -0.915. The average molecular weight is 244 g/mol. The van der Waals surface area contributed by atoms with E-state index in [1.807, 2.05) is 0 Å². The Morgan fingerprint density at radius 3 is 2.35 bits per heavy atom. The van der Waals surface area contributed by atoms with Gasteiger partial charge in [0.25, 0.3) is 0 Å². The van der Waals surface area contributed by atoms with E-state index in [4.69, 9.17) is 0 Å². The lowest BCUT2D eigenvalue weighted by molar-refractivity contribution is 0.0640. The predicted octanol–water partition coefficient (Wildman–Crippen LogP) is 2.79. The predicted molar refractivity (Wildman–Crippen MR) is 72.1 cm³/mol. The number of nitrogens with zero attached hydrogens (tertiary/aromatic N) is 2. The molecule has 1 aliphatic heterocycles. The van der Waals surface area contributed by atoms with Gasteiger partial charge in [-0.1, -0.05) is 13.3 Å². The fraction of sp³-hybridized carbons (Fsp3) is 1.00. The number of likely N-dealkylation sites (tertiary alicyclic amines) is 1. The third kappa shape index (κ3) is 5.82. The molecule has 1 atom stereocenters. The van der Waals surface area contributed by atoms with Gasteiger partial charge in [0.1, 0.15) is 5.67 Å². The van der Waals surface area contributed by atoms with Crippen LogP contribution in [0.15, 0.2) is 0 Å². The minimum absolute atomic E-state index is 0.705. The van der Waals surface area contributed by atoms with Crippen LogP contribution in [-0.2, 0) is 0 Å². The number of piperidine rings is 1. The third-order valence-corrected chi connectivity index (χ3v) is 3.98. The third-order valence-electron chi connectivity index (χ3n) is 3.98. The van der Waals surface area contributed by atoms with Gasteiger partial charge in [0.05, 0.1) is 0 Å². The zero-order valence-corrected chi connectivity index (χ0v) is 12.0. The molecule has 3 heteroatoms. The molecule has 1 aliphatic rings. The highest BCUT2D eigenvalue weighted by Gasteiger charge is 2.29. The summed E-state index contributed by atoms with van der Waals surface area (Å²) in [6.07, 6.45) is 3.90. The highest BCUT2D eigenvalue weighted by Crippen LogP contribution is 2.26. The second kappa shape index (κ2) is 6.69. The Morgan fingerprint density at radius 2 is 1.88 bits per heavy atom. The molecule has 1 saturated heterocycles. The Labute approximate surface area is 106 Å². The van der Waals surface area contributed by atoms with Crippen molar-refractivity contribution in [1.29, 1.82) is 0 Å². The van der Waals surface area contributed by atoms with E-state index in [9.17, 15) is 4.39 Å². The summed E-state index contributed by atoms with van der Waals surface area (Å²) in [7, 11) is 4.25. The quantitative estimate of drug-likeness (QED) is 0.709. The van der Waals surface area contributed by atoms with Crippen molar-refractivity contribution in [2.75, 3.05) is 40.3 Å². The van der Waals surface area contributed by atoms with Crippen LogP contribution in [0.1, 0.15) is 39.5 Å². The molecule has 0 N–H and O–H groups in total. The Hall–Kier alpha value is -0.150. The lowest BCUT2D eigenvalue weighted by Gasteiger charge is -2.36. The smallest absolute Gasteiger partial charge is 0.110 e. The van der Waals surface area contributed by atoms with Gasteiger partial charge in [-0.05, 0) is 52.7 Å². The second-order valence-electron chi connectivity index (χ2n) is 6.08. The first-order valence-electron chi connectivity index (χ1n) is 6.99. The van der Waals surface area contributed by atoms with Gasteiger partial charge in [-0.3, -0.25) is 0 Å². The van der Waals surface area contributed by atoms with E-state index in [2.05, 4.69) is 30.8 Å². The fourth-order valence-electron chi connectivity index (χ4n) is 2.43. The zero-order chi connectivity index (χ0) is 12.9. The molecule has 0 amide bonds. The minimum Gasteiger partial charge on any atom is -0.309 e. The summed E-state index contributed by atoms with van der Waals surface area (Å²) in [4.78, 5) is 4.70. The number of alkyl halides is 1. The van der Waals surface area contributed by atoms with Crippen molar-refractivity contribution in [2.24, 2.45) is 5.92 Å². The molecule has 0 bridgehead atoms. The van der Waals surface area contributed by atoms with Crippen molar-refractivity contribution in [3.05, 3.63) is 0 Å². The van der Waals surface area contributed by atoms with Crippen LogP contribution in [0.2, 0.25) is 0 Å². The van der Waals surface area contributed by atoms with Crippen LogP contribution in [0.4, 0.5) is 4.39 Å². The Morgan fingerprint density at radius 1 is 1.29 bits per heavy atom. The molecule has 1 rings (SSSR count). The molecule has 0 aromatic heterocycles. The van der Waals surface area contributed by atoms with E-state index in [0.717, 1.165) is 32.1 Å². The Kier molecular flexibility index (Phi) is 5.87. The van der Waals surface area contributed by atoms with E-state index < -0.39 is 5.67 Å². The molecule has 2 nitrogen and oxygen atoms in total. The summed E-state index contributed by atoms with van der Waals surface area (Å²) in [6.45, 7) is 8.20. The van der Waals surface area contributed by atoms with Crippen LogP contribution in [0.5, 0.6) is 0 Å². The highest BCUT2D eigenvalue weighted by molar-refractivity contribution is 4.82. The summed E-state index contributed by atoms with van der Waals surface area (Å²) < 4.78 is 13.7. The molecule has 0 spiro atoms. The van der Waals surface area contributed by atoms with Crippen molar-refractivity contribution in [3.63, 3.8) is 0 Å². The largest absolute Gasteiger partial charge is 0.309 e. The summed E-state index contributed by atoms with van der Waals surface area (Å²) in [6, 6.07) is 0. The standard InChI is InChI=1S/C14H29FN2/c1-5-13(6-9-16(3)4)12-17-10-7-14(2,15)8-11-17/h13H,5-12H2,1-4H3. The number of halogens is 1. The molecule has 0 aromatic rings. The number of rotatable bonds is 6. The molecule has 1 fully saturated rings. The van der Waals surface area contributed by atoms with Gasteiger partial charge in [0, 0.05) is 19.6 Å². The van der Waals surface area contributed by atoms with Crippen molar-refractivity contribution in [3.8, 4) is 0 Å². The Balaban J connectivity index is 2.27. The fourth-order valence-corrected chi connectivity index (χ4v) is 2.43. The summed E-state index contributed by atoms with van der Waals surface area (Å²) >= 11 is 0. The molecule has 1 unspecified atom stereocenters. The number of hydrogen-bond donors (Lipinski definition) is 0. The lowest BCUT2D eigenvalue weighted by atomic mass is 9.94. The number of hydrogen-bond acceptors (Lipinski definition) is 2. The minimum atomic E-state index is -0.915. The van der Waals surface area contributed by atoms with Crippen molar-refractivity contribution >= 4 is 0 Å². The zero-order valence-electron chi connectivity index (χ0n) is 12.0. The molecular weight excluding hydrogens is 215 g/mol. The van der Waals surface area contributed by atoms with E-state index in [-0.39, 0.29) is 0 Å². The average Bonchev–Trinajstić information content (AvgIpc) is 2.26. The van der Waals surface area contributed by atoms with Crippen LogP contribution >= 0.6 is 0 Å². The normalized spacial score (nSPS) is 22.9. The van der Waals surface area contributed by atoms with Crippen LogP contribution in [0, 0.1) is 5.92 Å². The first kappa shape index (κ1) is 14.9. The highest BCUT2D eigenvalue weighted by atomic mass is 19.1.